The van der Waals surface area contributed by atoms with Crippen molar-refractivity contribution in [1.29, 1.82) is 0 Å². The minimum Gasteiger partial charge on any atom is -0.715 e. The molecule has 0 amide bonds. The molecule has 1 heterocycles. The van der Waals surface area contributed by atoms with Gasteiger partial charge in [-0.15, -0.1) is 0 Å². The van der Waals surface area contributed by atoms with Crippen LogP contribution in [0.15, 0.2) is 0 Å². The molecule has 64 valence electrons. The maximum absolute atomic E-state index is 12.2. The van der Waals surface area contributed by atoms with Crippen molar-refractivity contribution in [2.75, 3.05) is 19.9 Å². The summed E-state index contributed by atoms with van der Waals surface area (Å²) in [5.74, 6) is 0.0281. The lowest BCUT2D eigenvalue weighted by Crippen LogP contribution is -2.29. The van der Waals surface area contributed by atoms with Crippen LogP contribution in [-0.2, 0) is 0 Å². The van der Waals surface area contributed by atoms with E-state index in [0.717, 1.165) is 0 Å². The number of alkyl halides is 2. The number of hydrogen-bond acceptors (Lipinski definition) is 2. The molecule has 0 saturated heterocycles. The maximum atomic E-state index is 12.2. The van der Waals surface area contributed by atoms with Gasteiger partial charge in [0.15, 0.2) is 0 Å². The van der Waals surface area contributed by atoms with Gasteiger partial charge in [0.1, 0.15) is 13.3 Å². The van der Waals surface area contributed by atoms with Gasteiger partial charge >= 0.3 is 0 Å². The van der Waals surface area contributed by atoms with E-state index in [2.05, 4.69) is 0 Å². The number of rotatable bonds is 2. The first-order valence-corrected chi connectivity index (χ1v) is 3.31. The highest BCUT2D eigenvalue weighted by atomic mass is 19.1. The van der Waals surface area contributed by atoms with Crippen LogP contribution < -0.4 is 5.73 Å². The van der Waals surface area contributed by atoms with E-state index in [1.165, 1.54) is 0 Å². The highest BCUT2D eigenvalue weighted by Crippen LogP contribution is 2.28. The highest BCUT2D eigenvalue weighted by Gasteiger charge is 2.40. The normalized spacial score (nSPS) is 22.7. The van der Waals surface area contributed by atoms with Crippen molar-refractivity contribution < 1.29 is 13.5 Å². The topological polar surface area (TPSA) is 52.1 Å². The zero-order chi connectivity index (χ0) is 8.48. The molecule has 1 rings (SSSR count). The lowest BCUT2D eigenvalue weighted by atomic mass is 9.89. The van der Waals surface area contributed by atoms with E-state index < -0.39 is 18.8 Å². The minimum absolute atomic E-state index is 0.0281. The van der Waals surface area contributed by atoms with Crippen molar-refractivity contribution >= 4 is 5.84 Å². The van der Waals surface area contributed by atoms with E-state index in [1.54, 1.807) is 0 Å². The van der Waals surface area contributed by atoms with E-state index in [-0.39, 0.29) is 18.8 Å². The van der Waals surface area contributed by atoms with Crippen LogP contribution in [0.1, 0.15) is 6.42 Å². The molecule has 0 fully saturated rings. The molecule has 0 atom stereocenters. The Morgan fingerprint density at radius 2 is 2.09 bits per heavy atom. The standard InChI is InChI=1S/C6H10F2N2O/c7-2-6(3-8)1-5(9)10(11)4-6/h1-4,9H2. The SMILES string of the molecule is NC1=[N+]([O-])CC(CF)(CF)C1. The van der Waals surface area contributed by atoms with Crippen molar-refractivity contribution in [3.8, 4) is 0 Å². The molecule has 11 heavy (non-hydrogen) atoms. The lowest BCUT2D eigenvalue weighted by molar-refractivity contribution is -0.463. The van der Waals surface area contributed by atoms with Gasteiger partial charge in [0, 0.05) is 0 Å². The molecule has 1 aliphatic heterocycles. The minimum atomic E-state index is -1.16. The number of halogens is 2. The Hall–Kier alpha value is -0.870. The Morgan fingerprint density at radius 3 is 2.27 bits per heavy atom. The molecule has 0 radical (unpaired) electrons. The summed E-state index contributed by atoms with van der Waals surface area (Å²) >= 11 is 0. The molecule has 0 saturated carbocycles. The van der Waals surface area contributed by atoms with E-state index in [1.807, 2.05) is 0 Å². The second kappa shape index (κ2) is 2.64. The predicted molar refractivity (Wildman–Crippen MR) is 36.7 cm³/mol. The lowest BCUT2D eigenvalue weighted by Gasteiger charge is -2.18. The van der Waals surface area contributed by atoms with Crippen LogP contribution >= 0.6 is 0 Å². The highest BCUT2D eigenvalue weighted by molar-refractivity contribution is 5.77. The van der Waals surface area contributed by atoms with Gasteiger partial charge in [0.05, 0.1) is 18.4 Å². The van der Waals surface area contributed by atoms with Crippen LogP contribution in [0.4, 0.5) is 8.78 Å². The van der Waals surface area contributed by atoms with Crippen molar-refractivity contribution in [3.05, 3.63) is 5.21 Å². The molecule has 0 aromatic rings. The molecular formula is C6H10F2N2O. The van der Waals surface area contributed by atoms with Crippen LogP contribution in [0, 0.1) is 10.6 Å². The van der Waals surface area contributed by atoms with Gasteiger partial charge in [0.25, 0.3) is 0 Å². The summed E-state index contributed by atoms with van der Waals surface area (Å²) < 4.78 is 24.9. The van der Waals surface area contributed by atoms with E-state index in [0.29, 0.717) is 4.74 Å². The third-order valence-electron chi connectivity index (χ3n) is 1.92. The largest absolute Gasteiger partial charge is 0.715 e. The Balaban J connectivity index is 2.69. The van der Waals surface area contributed by atoms with Crippen LogP contribution in [0.25, 0.3) is 0 Å². The Bertz CT molecular complexity index is 173. The molecule has 2 N–H and O–H groups in total. The van der Waals surface area contributed by atoms with Gasteiger partial charge in [-0.25, -0.2) is 0 Å². The smallest absolute Gasteiger partial charge is 0.246 e. The van der Waals surface area contributed by atoms with Gasteiger partial charge in [-0.05, 0) is 0 Å². The summed E-state index contributed by atoms with van der Waals surface area (Å²) in [4.78, 5) is 0. The van der Waals surface area contributed by atoms with Gasteiger partial charge in [-0.2, -0.15) is 0 Å². The zero-order valence-electron chi connectivity index (χ0n) is 6.02. The maximum Gasteiger partial charge on any atom is 0.246 e. The summed E-state index contributed by atoms with van der Waals surface area (Å²) in [6, 6.07) is 0. The van der Waals surface area contributed by atoms with E-state index >= 15 is 0 Å². The van der Waals surface area contributed by atoms with Crippen molar-refractivity contribution in [1.82, 2.24) is 0 Å². The molecule has 3 nitrogen and oxygen atoms in total. The molecule has 0 spiro atoms. The number of nitrogens with zero attached hydrogens (tertiary/aromatic N) is 1. The summed E-state index contributed by atoms with van der Waals surface area (Å²) in [7, 11) is 0. The Kier molecular flexibility index (Phi) is 1.97. The summed E-state index contributed by atoms with van der Waals surface area (Å²) in [6.07, 6.45) is 0.0312. The van der Waals surface area contributed by atoms with Gasteiger partial charge < -0.3 is 5.21 Å². The molecule has 0 aromatic carbocycles. The van der Waals surface area contributed by atoms with Crippen molar-refractivity contribution in [2.24, 2.45) is 11.1 Å². The quantitative estimate of drug-likeness (QED) is 0.467. The first-order chi connectivity index (χ1) is 5.13. The molecule has 0 unspecified atom stereocenters. The second-order valence-corrected chi connectivity index (χ2v) is 2.97. The number of hydroxylamine groups is 1. The first-order valence-electron chi connectivity index (χ1n) is 3.31. The summed E-state index contributed by atoms with van der Waals surface area (Å²) in [5, 5.41) is 10.7. The van der Waals surface area contributed by atoms with Gasteiger partial charge in [0.2, 0.25) is 5.84 Å². The first kappa shape index (κ1) is 8.23. The molecule has 0 bridgehead atoms. The fourth-order valence-corrected chi connectivity index (χ4v) is 1.15. The molecular weight excluding hydrogens is 154 g/mol. The Labute approximate surface area is 63.1 Å². The molecule has 5 heteroatoms. The summed E-state index contributed by atoms with van der Waals surface area (Å²) in [6.45, 7) is -1.82. The number of hydrogen-bond donors (Lipinski definition) is 1. The predicted octanol–water partition coefficient (Wildman–Crippen LogP) is 0.183. The van der Waals surface area contributed by atoms with E-state index in [9.17, 15) is 14.0 Å². The van der Waals surface area contributed by atoms with Gasteiger partial charge in [-0.3, -0.25) is 19.3 Å². The molecule has 0 aromatic heterocycles. The van der Waals surface area contributed by atoms with Crippen molar-refractivity contribution in [3.63, 3.8) is 0 Å². The van der Waals surface area contributed by atoms with Crippen LogP contribution in [0.5, 0.6) is 0 Å². The average molecular weight is 164 g/mol. The average Bonchev–Trinajstić information content (AvgIpc) is 2.29. The third-order valence-corrected chi connectivity index (χ3v) is 1.92. The van der Waals surface area contributed by atoms with Crippen LogP contribution in [0.2, 0.25) is 0 Å². The number of nitrogens with two attached hydrogens (primary N) is 1. The summed E-state index contributed by atoms with van der Waals surface area (Å²) in [5.41, 5.74) is 4.04. The fourth-order valence-electron chi connectivity index (χ4n) is 1.15. The molecule has 1 aliphatic rings. The van der Waals surface area contributed by atoms with Crippen LogP contribution in [0.3, 0.4) is 0 Å². The second-order valence-electron chi connectivity index (χ2n) is 2.97. The van der Waals surface area contributed by atoms with Crippen molar-refractivity contribution in [2.45, 2.75) is 6.42 Å². The third kappa shape index (κ3) is 1.27. The fraction of sp³-hybridized carbons (Fsp3) is 0.833. The molecule has 0 aliphatic carbocycles. The van der Waals surface area contributed by atoms with E-state index in [4.69, 9.17) is 5.73 Å². The zero-order valence-corrected chi connectivity index (χ0v) is 6.02. The van der Waals surface area contributed by atoms with Crippen LogP contribution in [-0.4, -0.2) is 30.5 Å². The Morgan fingerprint density at radius 1 is 1.55 bits per heavy atom. The monoisotopic (exact) mass is 164 g/mol. The number of amidine groups is 1. The van der Waals surface area contributed by atoms with Gasteiger partial charge in [-0.1, -0.05) is 0 Å².